The van der Waals surface area contributed by atoms with Crippen LogP contribution in [0.15, 0.2) is 0 Å². The van der Waals surface area contributed by atoms with Gasteiger partial charge in [-0.2, -0.15) is 0 Å². The minimum Gasteiger partial charge on any atom is -0.319 e. The van der Waals surface area contributed by atoms with Gasteiger partial charge in [-0.05, 0) is 18.8 Å². The summed E-state index contributed by atoms with van der Waals surface area (Å²) in [5, 5.41) is 0. The third kappa shape index (κ3) is 1.78. The fraction of sp³-hybridized carbons (Fsp3) is 0.909. The Hall–Kier alpha value is -0.370. The molecule has 2 nitrogen and oxygen atoms in total. The average Bonchev–Trinajstić information content (AvgIpc) is 2.45. The Morgan fingerprint density at radius 1 is 1.23 bits per heavy atom. The normalized spacial score (nSPS) is 27.2. The molecule has 0 radical (unpaired) electrons. The quantitative estimate of drug-likeness (QED) is 0.723. The van der Waals surface area contributed by atoms with E-state index >= 15 is 0 Å². The van der Waals surface area contributed by atoms with E-state index < -0.39 is 5.54 Å². The van der Waals surface area contributed by atoms with Crippen LogP contribution in [0.4, 0.5) is 0 Å². The summed E-state index contributed by atoms with van der Waals surface area (Å²) in [6, 6.07) is 0. The molecular weight excluding hydrogens is 162 g/mol. The summed E-state index contributed by atoms with van der Waals surface area (Å²) in [6.45, 7) is 0. The molecule has 0 aromatic heterocycles. The van der Waals surface area contributed by atoms with E-state index in [1.165, 1.54) is 19.3 Å². The molecule has 0 heterocycles. The zero-order chi connectivity index (χ0) is 9.31. The van der Waals surface area contributed by atoms with Gasteiger partial charge in [0.1, 0.15) is 0 Å². The first-order valence-corrected chi connectivity index (χ1v) is 5.53. The molecule has 0 amide bonds. The van der Waals surface area contributed by atoms with Gasteiger partial charge < -0.3 is 5.73 Å². The summed E-state index contributed by atoms with van der Waals surface area (Å²) in [5.41, 5.74) is 5.66. The molecule has 2 aliphatic rings. The van der Waals surface area contributed by atoms with E-state index in [0.717, 1.165) is 32.1 Å². The summed E-state index contributed by atoms with van der Waals surface area (Å²) in [6.07, 6.45) is 8.73. The Morgan fingerprint density at radius 3 is 2.31 bits per heavy atom. The van der Waals surface area contributed by atoms with Gasteiger partial charge in [0.15, 0.2) is 5.78 Å². The molecule has 74 valence electrons. The fourth-order valence-corrected chi connectivity index (χ4v) is 2.45. The van der Waals surface area contributed by atoms with E-state index in [-0.39, 0.29) is 0 Å². The second kappa shape index (κ2) is 3.41. The third-order valence-corrected chi connectivity index (χ3v) is 3.75. The largest absolute Gasteiger partial charge is 0.319 e. The number of hydrogen-bond donors (Lipinski definition) is 1. The van der Waals surface area contributed by atoms with Gasteiger partial charge in [0.05, 0.1) is 5.54 Å². The van der Waals surface area contributed by atoms with Crippen LogP contribution in [0, 0.1) is 5.92 Å². The summed E-state index contributed by atoms with van der Waals surface area (Å²) in [4.78, 5) is 11.8. The topological polar surface area (TPSA) is 43.1 Å². The number of carbonyl (C=O) groups is 1. The van der Waals surface area contributed by atoms with Crippen LogP contribution in [-0.4, -0.2) is 11.3 Å². The molecule has 0 aromatic rings. The number of ketones is 1. The first-order valence-electron chi connectivity index (χ1n) is 5.53. The molecular formula is C11H19NO. The molecule has 13 heavy (non-hydrogen) atoms. The lowest BCUT2D eigenvalue weighted by atomic mass is 9.78. The van der Waals surface area contributed by atoms with Crippen LogP contribution in [0.3, 0.4) is 0 Å². The van der Waals surface area contributed by atoms with E-state index in [0.29, 0.717) is 11.7 Å². The Labute approximate surface area is 79.9 Å². The molecule has 2 fully saturated rings. The molecule has 0 aromatic carbocycles. The molecule has 2 rings (SSSR count). The predicted molar refractivity (Wildman–Crippen MR) is 52.4 cm³/mol. The first kappa shape index (κ1) is 9.20. The lowest BCUT2D eigenvalue weighted by Gasteiger charge is -2.29. The molecule has 0 atom stereocenters. The maximum atomic E-state index is 11.8. The van der Waals surface area contributed by atoms with Crippen LogP contribution in [0.5, 0.6) is 0 Å². The third-order valence-electron chi connectivity index (χ3n) is 3.75. The monoisotopic (exact) mass is 181 g/mol. The zero-order valence-corrected chi connectivity index (χ0v) is 8.22. The Bertz CT molecular complexity index is 202. The maximum absolute atomic E-state index is 11.8. The molecule has 0 spiro atoms. The SMILES string of the molecule is NC1(C(=O)CC2CCC2)CCCC1. The van der Waals surface area contributed by atoms with Crippen molar-refractivity contribution in [3.05, 3.63) is 0 Å². The summed E-state index contributed by atoms with van der Waals surface area (Å²) < 4.78 is 0. The van der Waals surface area contributed by atoms with Crippen LogP contribution in [0.2, 0.25) is 0 Å². The second-order valence-electron chi connectivity index (χ2n) is 4.79. The molecule has 2 aliphatic carbocycles. The first-order chi connectivity index (χ1) is 6.21. The zero-order valence-electron chi connectivity index (χ0n) is 8.22. The highest BCUT2D eigenvalue weighted by Crippen LogP contribution is 2.35. The highest BCUT2D eigenvalue weighted by molar-refractivity contribution is 5.88. The highest BCUT2D eigenvalue weighted by atomic mass is 16.1. The Kier molecular flexibility index (Phi) is 2.41. The van der Waals surface area contributed by atoms with Crippen LogP contribution in [0.1, 0.15) is 51.4 Å². The number of hydrogen-bond acceptors (Lipinski definition) is 2. The van der Waals surface area contributed by atoms with Crippen molar-refractivity contribution in [1.82, 2.24) is 0 Å². The van der Waals surface area contributed by atoms with Gasteiger partial charge in [0.25, 0.3) is 0 Å². The summed E-state index contributed by atoms with van der Waals surface area (Å²) >= 11 is 0. The number of rotatable bonds is 3. The van der Waals surface area contributed by atoms with Gasteiger partial charge in [-0.15, -0.1) is 0 Å². The molecule has 0 aliphatic heterocycles. The minimum absolute atomic E-state index is 0.342. The van der Waals surface area contributed by atoms with Crippen molar-refractivity contribution in [3.8, 4) is 0 Å². The maximum Gasteiger partial charge on any atom is 0.152 e. The van der Waals surface area contributed by atoms with Crippen LogP contribution in [-0.2, 0) is 4.79 Å². The van der Waals surface area contributed by atoms with Gasteiger partial charge in [-0.3, -0.25) is 4.79 Å². The highest BCUT2D eigenvalue weighted by Gasteiger charge is 2.38. The summed E-state index contributed by atoms with van der Waals surface area (Å²) in [7, 11) is 0. The summed E-state index contributed by atoms with van der Waals surface area (Å²) in [5.74, 6) is 1.02. The van der Waals surface area contributed by atoms with Gasteiger partial charge in [-0.25, -0.2) is 0 Å². The standard InChI is InChI=1S/C11H19NO/c12-11(6-1-2-7-11)10(13)8-9-4-3-5-9/h9H,1-8,12H2. The molecule has 2 saturated carbocycles. The van der Waals surface area contributed by atoms with E-state index in [9.17, 15) is 4.79 Å². The molecule has 2 heteroatoms. The predicted octanol–water partition coefficient (Wildman–Crippen LogP) is 2.02. The lowest BCUT2D eigenvalue weighted by molar-refractivity contribution is -0.125. The van der Waals surface area contributed by atoms with E-state index in [4.69, 9.17) is 5.73 Å². The molecule has 2 N–H and O–H groups in total. The van der Waals surface area contributed by atoms with Gasteiger partial charge in [0.2, 0.25) is 0 Å². The van der Waals surface area contributed by atoms with E-state index in [1.807, 2.05) is 0 Å². The Balaban J connectivity index is 1.87. The van der Waals surface area contributed by atoms with Crippen molar-refractivity contribution in [3.63, 3.8) is 0 Å². The molecule has 0 bridgehead atoms. The van der Waals surface area contributed by atoms with E-state index in [2.05, 4.69) is 0 Å². The molecule has 0 unspecified atom stereocenters. The smallest absolute Gasteiger partial charge is 0.152 e. The van der Waals surface area contributed by atoms with Crippen molar-refractivity contribution in [2.75, 3.05) is 0 Å². The van der Waals surface area contributed by atoms with Crippen molar-refractivity contribution in [2.45, 2.75) is 56.9 Å². The van der Waals surface area contributed by atoms with Gasteiger partial charge >= 0.3 is 0 Å². The number of Topliss-reactive ketones (excluding diaryl/α,β-unsaturated/α-hetero) is 1. The Morgan fingerprint density at radius 2 is 1.85 bits per heavy atom. The van der Waals surface area contributed by atoms with Crippen molar-refractivity contribution in [2.24, 2.45) is 11.7 Å². The van der Waals surface area contributed by atoms with Crippen molar-refractivity contribution >= 4 is 5.78 Å². The van der Waals surface area contributed by atoms with Gasteiger partial charge in [0, 0.05) is 6.42 Å². The lowest BCUT2D eigenvalue weighted by Crippen LogP contribution is -2.46. The molecule has 0 saturated heterocycles. The van der Waals surface area contributed by atoms with Crippen molar-refractivity contribution < 1.29 is 4.79 Å². The minimum atomic E-state index is -0.421. The van der Waals surface area contributed by atoms with Crippen molar-refractivity contribution in [1.29, 1.82) is 0 Å². The average molecular weight is 181 g/mol. The van der Waals surface area contributed by atoms with Crippen LogP contribution in [0.25, 0.3) is 0 Å². The van der Waals surface area contributed by atoms with E-state index in [1.54, 1.807) is 0 Å². The van der Waals surface area contributed by atoms with Crippen LogP contribution >= 0.6 is 0 Å². The van der Waals surface area contributed by atoms with Crippen LogP contribution < -0.4 is 5.73 Å². The number of carbonyl (C=O) groups excluding carboxylic acids is 1. The second-order valence-corrected chi connectivity index (χ2v) is 4.79. The van der Waals surface area contributed by atoms with Gasteiger partial charge in [-0.1, -0.05) is 32.1 Å². The fourth-order valence-electron chi connectivity index (χ4n) is 2.45. The number of nitrogens with two attached hydrogens (primary N) is 1.